The van der Waals surface area contributed by atoms with Crippen LogP contribution in [0.4, 0.5) is 5.69 Å². The van der Waals surface area contributed by atoms with Crippen LogP contribution in [-0.2, 0) is 4.79 Å². The first-order chi connectivity index (χ1) is 10.7. The Morgan fingerprint density at radius 2 is 2.00 bits per heavy atom. The Labute approximate surface area is 125 Å². The van der Waals surface area contributed by atoms with Crippen LogP contribution in [0.15, 0.2) is 47.7 Å². The van der Waals surface area contributed by atoms with Gasteiger partial charge in [0.1, 0.15) is 12.4 Å². The Kier molecular flexibility index (Phi) is 2.59. The van der Waals surface area contributed by atoms with Gasteiger partial charge in [0.15, 0.2) is 5.65 Å². The van der Waals surface area contributed by atoms with Crippen LogP contribution in [0, 0.1) is 6.92 Å². The van der Waals surface area contributed by atoms with E-state index in [4.69, 9.17) is 0 Å². The second-order valence-corrected chi connectivity index (χ2v) is 5.26. The van der Waals surface area contributed by atoms with Crippen molar-refractivity contribution in [2.75, 3.05) is 5.32 Å². The minimum Gasteiger partial charge on any atom is -0.324 e. The summed E-state index contributed by atoms with van der Waals surface area (Å²) in [5.74, 6) is -0.226. The Morgan fingerprint density at radius 3 is 2.86 bits per heavy atom. The topological polar surface area (TPSA) is 76.9 Å². The van der Waals surface area contributed by atoms with Gasteiger partial charge in [0.25, 0.3) is 11.5 Å². The molecule has 108 valence electrons. The number of aryl methyl sites for hydroxylation is 1. The molecule has 22 heavy (non-hydrogen) atoms. The zero-order chi connectivity index (χ0) is 15.3. The quantitative estimate of drug-likeness (QED) is 0.739. The number of hydrogen-bond acceptors (Lipinski definition) is 4. The number of carbonyl (C=O) groups is 1. The van der Waals surface area contributed by atoms with Crippen LogP contribution < -0.4 is 10.9 Å². The standard InChI is InChI=1S/C16H12N4O2/c1-9-4-2-6-11-12(9)13(15(21)19-11)20-8-18-14-10(16(20)22)5-3-7-17-14/h2-8,13H,1H3,(H,19,21). The summed E-state index contributed by atoms with van der Waals surface area (Å²) in [6.45, 7) is 1.92. The number of nitrogens with zero attached hydrogens (tertiary/aromatic N) is 3. The molecule has 3 aromatic rings. The van der Waals surface area contributed by atoms with Gasteiger partial charge < -0.3 is 5.32 Å². The second-order valence-electron chi connectivity index (χ2n) is 5.26. The van der Waals surface area contributed by atoms with Gasteiger partial charge in [0, 0.05) is 17.4 Å². The van der Waals surface area contributed by atoms with E-state index in [-0.39, 0.29) is 11.5 Å². The van der Waals surface area contributed by atoms with Crippen molar-refractivity contribution in [2.24, 2.45) is 0 Å². The van der Waals surface area contributed by atoms with E-state index in [1.165, 1.54) is 10.9 Å². The molecular formula is C16H12N4O2. The molecule has 0 bridgehead atoms. The maximum atomic E-state index is 12.7. The number of carbonyl (C=O) groups excluding carboxylic acids is 1. The van der Waals surface area contributed by atoms with Crippen LogP contribution in [0.1, 0.15) is 17.2 Å². The van der Waals surface area contributed by atoms with Gasteiger partial charge in [-0.25, -0.2) is 9.97 Å². The molecule has 4 rings (SSSR count). The van der Waals surface area contributed by atoms with Crippen LogP contribution in [-0.4, -0.2) is 20.4 Å². The molecule has 0 saturated carbocycles. The molecule has 1 amide bonds. The molecule has 3 heterocycles. The van der Waals surface area contributed by atoms with E-state index < -0.39 is 6.04 Å². The van der Waals surface area contributed by atoms with E-state index in [2.05, 4.69) is 15.3 Å². The fourth-order valence-corrected chi connectivity index (χ4v) is 2.91. The monoisotopic (exact) mass is 292 g/mol. The fraction of sp³-hybridized carbons (Fsp3) is 0.125. The summed E-state index contributed by atoms with van der Waals surface area (Å²) in [5.41, 5.74) is 2.63. The van der Waals surface area contributed by atoms with E-state index in [0.717, 1.165) is 16.8 Å². The largest absolute Gasteiger partial charge is 0.324 e. The first-order valence-corrected chi connectivity index (χ1v) is 6.89. The zero-order valence-electron chi connectivity index (χ0n) is 11.8. The number of anilines is 1. The lowest BCUT2D eigenvalue weighted by Gasteiger charge is -2.14. The van der Waals surface area contributed by atoms with E-state index in [0.29, 0.717) is 11.0 Å². The van der Waals surface area contributed by atoms with Crippen LogP contribution in [0.2, 0.25) is 0 Å². The Morgan fingerprint density at radius 1 is 1.14 bits per heavy atom. The van der Waals surface area contributed by atoms with E-state index in [9.17, 15) is 9.59 Å². The number of pyridine rings is 1. The highest BCUT2D eigenvalue weighted by Crippen LogP contribution is 2.35. The van der Waals surface area contributed by atoms with Crippen LogP contribution in [0.25, 0.3) is 11.0 Å². The number of nitrogens with one attached hydrogen (secondary N) is 1. The molecule has 0 radical (unpaired) electrons. The van der Waals surface area contributed by atoms with Gasteiger partial charge in [-0.1, -0.05) is 12.1 Å². The summed E-state index contributed by atoms with van der Waals surface area (Å²) in [4.78, 5) is 33.3. The van der Waals surface area contributed by atoms with Gasteiger partial charge in [0.2, 0.25) is 0 Å². The summed E-state index contributed by atoms with van der Waals surface area (Å²) >= 11 is 0. The third kappa shape index (κ3) is 1.67. The highest BCUT2D eigenvalue weighted by atomic mass is 16.2. The van der Waals surface area contributed by atoms with Crippen molar-refractivity contribution in [2.45, 2.75) is 13.0 Å². The van der Waals surface area contributed by atoms with Gasteiger partial charge in [-0.15, -0.1) is 0 Å². The van der Waals surface area contributed by atoms with Crippen molar-refractivity contribution in [3.05, 3.63) is 64.3 Å². The third-order valence-corrected chi connectivity index (χ3v) is 3.94. The molecule has 1 atom stereocenters. The van der Waals surface area contributed by atoms with Crippen LogP contribution in [0.5, 0.6) is 0 Å². The third-order valence-electron chi connectivity index (χ3n) is 3.94. The van der Waals surface area contributed by atoms with Gasteiger partial charge in [-0.3, -0.25) is 14.2 Å². The summed E-state index contributed by atoms with van der Waals surface area (Å²) in [5, 5.41) is 3.22. The van der Waals surface area contributed by atoms with Gasteiger partial charge in [-0.2, -0.15) is 0 Å². The molecule has 1 aliphatic heterocycles. The van der Waals surface area contributed by atoms with Crippen molar-refractivity contribution in [1.29, 1.82) is 0 Å². The first kappa shape index (κ1) is 12.7. The van der Waals surface area contributed by atoms with Crippen molar-refractivity contribution >= 4 is 22.6 Å². The highest BCUT2D eigenvalue weighted by molar-refractivity contribution is 6.03. The van der Waals surface area contributed by atoms with Gasteiger partial charge in [0.05, 0.1) is 5.39 Å². The first-order valence-electron chi connectivity index (χ1n) is 6.89. The van der Waals surface area contributed by atoms with E-state index >= 15 is 0 Å². The molecule has 6 heteroatoms. The van der Waals surface area contributed by atoms with Crippen LogP contribution in [0.3, 0.4) is 0 Å². The molecule has 1 aromatic carbocycles. The molecule has 6 nitrogen and oxygen atoms in total. The maximum absolute atomic E-state index is 12.7. The fourth-order valence-electron chi connectivity index (χ4n) is 2.91. The minimum absolute atomic E-state index is 0.226. The molecule has 1 unspecified atom stereocenters. The average Bonchev–Trinajstić information content (AvgIpc) is 2.85. The molecule has 2 aromatic heterocycles. The van der Waals surface area contributed by atoms with Crippen molar-refractivity contribution in [3.8, 4) is 0 Å². The lowest BCUT2D eigenvalue weighted by molar-refractivity contribution is -0.117. The number of aromatic nitrogens is 3. The molecule has 1 N–H and O–H groups in total. The lowest BCUT2D eigenvalue weighted by Crippen LogP contribution is -2.30. The second kappa shape index (κ2) is 4.49. The summed E-state index contributed by atoms with van der Waals surface area (Å²) < 4.78 is 1.37. The number of benzene rings is 1. The number of amides is 1. The van der Waals surface area contributed by atoms with Gasteiger partial charge >= 0.3 is 0 Å². The predicted octanol–water partition coefficient (Wildman–Crippen LogP) is 1.64. The molecule has 1 aliphatic rings. The maximum Gasteiger partial charge on any atom is 0.263 e. The smallest absolute Gasteiger partial charge is 0.263 e. The Hall–Kier alpha value is -3.02. The number of hydrogen-bond donors (Lipinski definition) is 1. The summed E-state index contributed by atoms with van der Waals surface area (Å²) in [7, 11) is 0. The Bertz CT molecular complexity index is 977. The van der Waals surface area contributed by atoms with Crippen molar-refractivity contribution < 1.29 is 4.79 Å². The summed E-state index contributed by atoms with van der Waals surface area (Å²) in [6, 6.07) is 8.29. The molecular weight excluding hydrogens is 280 g/mol. The number of fused-ring (bicyclic) bond motifs is 2. The van der Waals surface area contributed by atoms with Crippen molar-refractivity contribution in [3.63, 3.8) is 0 Å². The minimum atomic E-state index is -0.694. The zero-order valence-corrected chi connectivity index (χ0v) is 11.8. The van der Waals surface area contributed by atoms with Crippen LogP contribution >= 0.6 is 0 Å². The van der Waals surface area contributed by atoms with E-state index in [1.807, 2.05) is 25.1 Å². The number of rotatable bonds is 1. The molecule has 0 aliphatic carbocycles. The van der Waals surface area contributed by atoms with Gasteiger partial charge in [-0.05, 0) is 30.7 Å². The Balaban J connectivity index is 1.99. The van der Waals surface area contributed by atoms with E-state index in [1.54, 1.807) is 18.3 Å². The van der Waals surface area contributed by atoms with Crippen molar-refractivity contribution in [1.82, 2.24) is 14.5 Å². The lowest BCUT2D eigenvalue weighted by atomic mass is 10.0. The molecule has 0 spiro atoms. The molecule has 0 fully saturated rings. The SMILES string of the molecule is Cc1cccc2c1C(n1cnc3ncccc3c1=O)C(=O)N2. The highest BCUT2D eigenvalue weighted by Gasteiger charge is 2.34. The summed E-state index contributed by atoms with van der Waals surface area (Å²) in [6.07, 6.45) is 2.98. The predicted molar refractivity (Wildman–Crippen MR) is 81.7 cm³/mol. The normalized spacial score (nSPS) is 16.6. The molecule has 0 saturated heterocycles. The average molecular weight is 292 g/mol.